The second kappa shape index (κ2) is 14.1. The number of aliphatic hydroxyl groups is 12. The van der Waals surface area contributed by atoms with Gasteiger partial charge in [0.1, 0.15) is 97.7 Å². The Hall–Kier alpha value is -0.800. The van der Waals surface area contributed by atoms with Gasteiger partial charge in [-0.15, -0.1) is 0 Å². The first-order valence-electron chi connectivity index (χ1n) is 14.1. The SMILES string of the molecule is OCC1OC2OCC3O[C@H](O[C@@H]4C(O)C(OCC5O[C@H](OC(C2O)[C@@H]1O)C(O)[C@@H](O)[C@@H]5O)OC(CO)[C@H]4O)C(O)[C@@H](O)[C@@H]3O. The van der Waals surface area contributed by atoms with Crippen molar-refractivity contribution in [3.63, 3.8) is 0 Å². The van der Waals surface area contributed by atoms with E-state index < -0.39 is 149 Å². The molecule has 5 aliphatic rings. The zero-order chi connectivity index (χ0) is 32.0. The molecule has 256 valence electrons. The standard InChI is InChI=1S/C24H40O20/c25-1-5-11(29)19-17(35)21(39-5)37-3-7-9(27)14(32)16(34)24(42-7)44-20-12(30)6(2-26)40-22(18(20)36)38-4-8-10(28)13(31)15(33)23(41-8)43-19/h5-36H,1-4H2/t5?,6?,7?,8?,9-,10-,11-,12-,13+,14+,15?,16?,17?,18?,19+,20?,21?,22?,23-,24-/m1/s1. The Morgan fingerprint density at radius 1 is 0.364 bits per heavy atom. The summed E-state index contributed by atoms with van der Waals surface area (Å²) in [7, 11) is 0. The fourth-order valence-corrected chi connectivity index (χ4v) is 5.73. The first-order chi connectivity index (χ1) is 20.9. The van der Waals surface area contributed by atoms with Gasteiger partial charge in [-0.25, -0.2) is 0 Å². The second-order valence-corrected chi connectivity index (χ2v) is 11.3. The molecular formula is C24H40O20. The van der Waals surface area contributed by atoms with E-state index in [1.54, 1.807) is 0 Å². The molecule has 0 saturated carbocycles. The van der Waals surface area contributed by atoms with Crippen LogP contribution in [0.25, 0.3) is 0 Å². The lowest BCUT2D eigenvalue weighted by Crippen LogP contribution is -2.67. The third kappa shape index (κ3) is 6.50. The van der Waals surface area contributed by atoms with E-state index in [9.17, 15) is 61.3 Å². The van der Waals surface area contributed by atoms with Gasteiger partial charge in [0.2, 0.25) is 0 Å². The van der Waals surface area contributed by atoms with E-state index in [-0.39, 0.29) is 0 Å². The molecular weight excluding hydrogens is 608 g/mol. The van der Waals surface area contributed by atoms with E-state index in [2.05, 4.69) is 0 Å². The van der Waals surface area contributed by atoms with Crippen LogP contribution >= 0.6 is 0 Å². The average Bonchev–Trinajstić information content (AvgIpc) is 3.01. The lowest BCUT2D eigenvalue weighted by molar-refractivity contribution is -0.383. The average molecular weight is 649 g/mol. The minimum atomic E-state index is -1.93. The zero-order valence-corrected chi connectivity index (χ0v) is 23.0. The van der Waals surface area contributed by atoms with Crippen molar-refractivity contribution >= 4 is 0 Å². The van der Waals surface area contributed by atoms with E-state index >= 15 is 0 Å². The van der Waals surface area contributed by atoms with Crippen LogP contribution in [0.15, 0.2) is 0 Å². The van der Waals surface area contributed by atoms with Crippen LogP contribution in [-0.2, 0) is 37.9 Å². The topological polar surface area (TPSA) is 317 Å². The Labute approximate surface area is 249 Å². The zero-order valence-electron chi connectivity index (χ0n) is 23.0. The van der Waals surface area contributed by atoms with Crippen LogP contribution in [0.1, 0.15) is 0 Å². The lowest BCUT2D eigenvalue weighted by atomic mass is 9.96. The van der Waals surface area contributed by atoms with Gasteiger partial charge in [-0.1, -0.05) is 0 Å². The molecule has 11 unspecified atom stereocenters. The third-order valence-electron chi connectivity index (χ3n) is 8.41. The van der Waals surface area contributed by atoms with E-state index in [1.165, 1.54) is 0 Å². The fourth-order valence-electron chi connectivity index (χ4n) is 5.73. The van der Waals surface area contributed by atoms with Gasteiger partial charge < -0.3 is 99.2 Å². The largest absolute Gasteiger partial charge is 0.394 e. The highest BCUT2D eigenvalue weighted by Gasteiger charge is 2.54. The summed E-state index contributed by atoms with van der Waals surface area (Å²) < 4.78 is 44.3. The van der Waals surface area contributed by atoms with Gasteiger partial charge in [0.05, 0.1) is 26.4 Å². The molecule has 0 aromatic rings. The highest BCUT2D eigenvalue weighted by molar-refractivity contribution is 4.97. The van der Waals surface area contributed by atoms with Crippen molar-refractivity contribution in [2.45, 2.75) is 123 Å². The lowest BCUT2D eigenvalue weighted by Gasteiger charge is -2.48. The normalized spacial score (nSPS) is 55.9. The van der Waals surface area contributed by atoms with E-state index in [1.807, 2.05) is 0 Å². The third-order valence-corrected chi connectivity index (χ3v) is 8.41. The summed E-state index contributed by atoms with van der Waals surface area (Å²) in [5.41, 5.74) is 0. The van der Waals surface area contributed by atoms with Gasteiger partial charge in [0, 0.05) is 0 Å². The Morgan fingerprint density at radius 3 is 1.07 bits per heavy atom. The molecule has 20 nitrogen and oxygen atoms in total. The van der Waals surface area contributed by atoms with Crippen LogP contribution in [0.3, 0.4) is 0 Å². The summed E-state index contributed by atoms with van der Waals surface area (Å²) >= 11 is 0. The van der Waals surface area contributed by atoms with Gasteiger partial charge in [-0.05, 0) is 0 Å². The quantitative estimate of drug-likeness (QED) is 0.132. The molecule has 20 atom stereocenters. The number of ether oxygens (including phenoxy) is 8. The van der Waals surface area contributed by atoms with Gasteiger partial charge in [0.25, 0.3) is 0 Å². The van der Waals surface area contributed by atoms with Gasteiger partial charge >= 0.3 is 0 Å². The summed E-state index contributed by atoms with van der Waals surface area (Å²) in [5, 5.41) is 126. The smallest absolute Gasteiger partial charge is 0.187 e. The van der Waals surface area contributed by atoms with Crippen molar-refractivity contribution in [2.24, 2.45) is 0 Å². The predicted octanol–water partition coefficient (Wildman–Crippen LogP) is -8.70. The summed E-state index contributed by atoms with van der Waals surface area (Å²) in [4.78, 5) is 0. The molecule has 44 heavy (non-hydrogen) atoms. The Balaban J connectivity index is 1.47. The van der Waals surface area contributed by atoms with Crippen LogP contribution in [0.5, 0.6) is 0 Å². The van der Waals surface area contributed by atoms with Crippen molar-refractivity contribution in [3.8, 4) is 0 Å². The minimum Gasteiger partial charge on any atom is -0.394 e. The summed E-state index contributed by atoms with van der Waals surface area (Å²) in [6, 6.07) is 0. The van der Waals surface area contributed by atoms with Crippen LogP contribution in [0, 0.1) is 0 Å². The maximum atomic E-state index is 11.0. The van der Waals surface area contributed by atoms with E-state index in [0.29, 0.717) is 0 Å². The van der Waals surface area contributed by atoms with Gasteiger partial charge in [-0.3, -0.25) is 0 Å². The predicted molar refractivity (Wildman–Crippen MR) is 131 cm³/mol. The maximum Gasteiger partial charge on any atom is 0.187 e. The maximum absolute atomic E-state index is 11.0. The monoisotopic (exact) mass is 648 g/mol. The van der Waals surface area contributed by atoms with Crippen molar-refractivity contribution in [3.05, 3.63) is 0 Å². The van der Waals surface area contributed by atoms with E-state index in [0.717, 1.165) is 0 Å². The molecule has 12 N–H and O–H groups in total. The molecule has 5 rings (SSSR count). The van der Waals surface area contributed by atoms with Crippen LogP contribution in [0.2, 0.25) is 0 Å². The fraction of sp³-hybridized carbons (Fsp3) is 1.00. The molecule has 0 spiro atoms. The summed E-state index contributed by atoms with van der Waals surface area (Å²) in [5.74, 6) is 0. The molecule has 5 heterocycles. The van der Waals surface area contributed by atoms with Crippen molar-refractivity contribution in [1.82, 2.24) is 0 Å². The summed E-state index contributed by atoms with van der Waals surface area (Å²) in [6.07, 6.45) is -34.8. The van der Waals surface area contributed by atoms with Crippen molar-refractivity contribution in [1.29, 1.82) is 0 Å². The molecule has 0 radical (unpaired) electrons. The van der Waals surface area contributed by atoms with Crippen LogP contribution in [-0.4, -0.2) is 211 Å². The van der Waals surface area contributed by atoms with Crippen LogP contribution in [0.4, 0.5) is 0 Å². The minimum absolute atomic E-state index is 0.674. The molecule has 0 amide bonds. The number of fused-ring (bicyclic) bond motifs is 8. The first-order valence-corrected chi connectivity index (χ1v) is 14.1. The Kier molecular flexibility index (Phi) is 11.1. The molecule has 5 fully saturated rings. The Bertz CT molecular complexity index is 860. The molecule has 20 heteroatoms. The first kappa shape index (κ1) is 34.5. The number of aliphatic hydroxyl groups excluding tert-OH is 12. The van der Waals surface area contributed by atoms with Crippen molar-refractivity contribution in [2.75, 3.05) is 26.4 Å². The molecule has 8 bridgehead atoms. The molecule has 0 aliphatic carbocycles. The number of hydrogen-bond donors (Lipinski definition) is 12. The van der Waals surface area contributed by atoms with Gasteiger partial charge in [0.15, 0.2) is 25.2 Å². The van der Waals surface area contributed by atoms with E-state index in [4.69, 9.17) is 37.9 Å². The molecule has 5 saturated heterocycles. The Morgan fingerprint density at radius 2 is 0.727 bits per heavy atom. The highest BCUT2D eigenvalue weighted by atomic mass is 16.8. The molecule has 0 aromatic carbocycles. The summed E-state index contributed by atoms with van der Waals surface area (Å²) in [6.45, 7) is -2.95. The van der Waals surface area contributed by atoms with Crippen LogP contribution < -0.4 is 0 Å². The number of rotatable bonds is 2. The molecule has 5 aliphatic heterocycles. The van der Waals surface area contributed by atoms with Crippen molar-refractivity contribution < 1.29 is 99.2 Å². The molecule has 0 aromatic heterocycles. The number of hydrogen-bond acceptors (Lipinski definition) is 20. The van der Waals surface area contributed by atoms with Gasteiger partial charge in [-0.2, -0.15) is 0 Å². The highest BCUT2D eigenvalue weighted by Crippen LogP contribution is 2.33. The second-order valence-electron chi connectivity index (χ2n) is 11.3.